The molecule has 0 unspecified atom stereocenters. The van der Waals surface area contributed by atoms with Gasteiger partial charge in [0.15, 0.2) is 0 Å². The van der Waals surface area contributed by atoms with Gasteiger partial charge in [-0.1, -0.05) is 13.8 Å². The number of aliphatic carboxylic acids is 1. The van der Waals surface area contributed by atoms with Gasteiger partial charge in [-0.15, -0.1) is 11.8 Å². The van der Waals surface area contributed by atoms with E-state index in [1.54, 1.807) is 0 Å². The van der Waals surface area contributed by atoms with Gasteiger partial charge in [0.25, 0.3) is 0 Å². The van der Waals surface area contributed by atoms with Crippen LogP contribution in [0.2, 0.25) is 0 Å². The van der Waals surface area contributed by atoms with E-state index < -0.39 is 5.97 Å². The Labute approximate surface area is 94.8 Å². The van der Waals surface area contributed by atoms with Crippen LogP contribution in [0.15, 0.2) is 0 Å². The summed E-state index contributed by atoms with van der Waals surface area (Å²) in [6.07, 6.45) is 2.08. The number of carboxylic acids is 1. The smallest absolute Gasteiger partial charge is 0.313 e. The molecule has 4 nitrogen and oxygen atoms in total. The lowest BCUT2D eigenvalue weighted by molar-refractivity contribution is -0.133. The Balaban J connectivity index is 3.30. The Kier molecular flexibility index (Phi) is 8.18. The number of rotatable bonds is 8. The van der Waals surface area contributed by atoms with E-state index in [4.69, 9.17) is 5.11 Å². The van der Waals surface area contributed by atoms with Gasteiger partial charge in [-0.05, 0) is 18.8 Å². The molecule has 0 radical (unpaired) electrons. The molecule has 0 aliphatic carbocycles. The van der Waals surface area contributed by atoms with Gasteiger partial charge in [0.2, 0.25) is 5.91 Å². The summed E-state index contributed by atoms with van der Waals surface area (Å²) >= 11 is 1.12. The zero-order valence-electron chi connectivity index (χ0n) is 9.28. The van der Waals surface area contributed by atoms with Crippen molar-refractivity contribution in [3.05, 3.63) is 0 Å². The molecule has 0 fully saturated rings. The van der Waals surface area contributed by atoms with E-state index in [1.165, 1.54) is 0 Å². The normalized spacial score (nSPS) is 10.3. The lowest BCUT2D eigenvalue weighted by Crippen LogP contribution is -2.26. The minimum absolute atomic E-state index is 0.0145. The fraction of sp³-hybridized carbons (Fsp3) is 0.800. The molecular formula is C10H19NO3S. The van der Waals surface area contributed by atoms with Crippen molar-refractivity contribution >= 4 is 23.6 Å². The lowest BCUT2D eigenvalue weighted by Gasteiger charge is -2.06. The maximum absolute atomic E-state index is 11.1. The Morgan fingerprint density at radius 2 is 2.00 bits per heavy atom. The van der Waals surface area contributed by atoms with Gasteiger partial charge in [0.1, 0.15) is 0 Å². The van der Waals surface area contributed by atoms with Crippen LogP contribution in [0.3, 0.4) is 0 Å². The first-order valence-corrected chi connectivity index (χ1v) is 6.24. The molecule has 0 saturated heterocycles. The Bertz CT molecular complexity index is 207. The van der Waals surface area contributed by atoms with E-state index in [1.807, 2.05) is 0 Å². The molecule has 0 aromatic rings. The van der Waals surface area contributed by atoms with Gasteiger partial charge < -0.3 is 10.4 Å². The average molecular weight is 233 g/mol. The monoisotopic (exact) mass is 233 g/mol. The lowest BCUT2D eigenvalue weighted by atomic mass is 10.1. The van der Waals surface area contributed by atoms with E-state index in [2.05, 4.69) is 19.2 Å². The third-order valence-corrected chi connectivity index (χ3v) is 2.66. The van der Waals surface area contributed by atoms with Crippen molar-refractivity contribution in [1.82, 2.24) is 5.32 Å². The summed E-state index contributed by atoms with van der Waals surface area (Å²) in [5.74, 6) is -0.0891. The second kappa shape index (κ2) is 8.59. The molecule has 0 rings (SSSR count). The van der Waals surface area contributed by atoms with Crippen molar-refractivity contribution < 1.29 is 14.7 Å². The molecule has 15 heavy (non-hydrogen) atoms. The second-order valence-electron chi connectivity index (χ2n) is 3.77. The standard InChI is InChI=1S/C10H19NO3S/c1-8(2)4-3-5-11-9(12)6-15-7-10(13)14/h8H,3-7H2,1-2H3,(H,11,12)(H,13,14). The quantitative estimate of drug-likeness (QED) is 0.621. The molecule has 0 spiro atoms. The number of carbonyl (C=O) groups is 2. The molecule has 0 aliphatic rings. The first-order chi connectivity index (χ1) is 7.02. The van der Waals surface area contributed by atoms with Crippen LogP contribution in [0, 0.1) is 5.92 Å². The fourth-order valence-corrected chi connectivity index (χ4v) is 1.58. The summed E-state index contributed by atoms with van der Waals surface area (Å²) < 4.78 is 0. The number of carbonyl (C=O) groups excluding carboxylic acids is 1. The predicted molar refractivity (Wildman–Crippen MR) is 62.0 cm³/mol. The van der Waals surface area contributed by atoms with E-state index in [0.717, 1.165) is 24.6 Å². The molecule has 0 saturated carbocycles. The summed E-state index contributed by atoms with van der Waals surface area (Å²) in [6.45, 7) is 4.97. The number of thioether (sulfide) groups is 1. The van der Waals surface area contributed by atoms with E-state index >= 15 is 0 Å². The maximum Gasteiger partial charge on any atom is 0.313 e. The molecule has 0 heterocycles. The van der Waals surface area contributed by atoms with Crippen LogP contribution in [0.4, 0.5) is 0 Å². The highest BCUT2D eigenvalue weighted by Crippen LogP contribution is 2.02. The number of carboxylic acid groups (broad SMARTS) is 1. The summed E-state index contributed by atoms with van der Waals surface area (Å²) in [7, 11) is 0. The van der Waals surface area contributed by atoms with Crippen LogP contribution >= 0.6 is 11.8 Å². The Morgan fingerprint density at radius 3 is 2.53 bits per heavy atom. The van der Waals surface area contributed by atoms with Gasteiger partial charge in [0.05, 0.1) is 11.5 Å². The third kappa shape index (κ3) is 11.2. The van der Waals surface area contributed by atoms with Crippen molar-refractivity contribution in [1.29, 1.82) is 0 Å². The average Bonchev–Trinajstić information content (AvgIpc) is 2.11. The molecule has 5 heteroatoms. The highest BCUT2D eigenvalue weighted by atomic mass is 32.2. The number of nitrogens with one attached hydrogen (secondary N) is 1. The van der Waals surface area contributed by atoms with E-state index in [9.17, 15) is 9.59 Å². The molecule has 2 N–H and O–H groups in total. The summed E-state index contributed by atoms with van der Waals surface area (Å²) in [4.78, 5) is 21.3. The Hall–Kier alpha value is -0.710. The van der Waals surface area contributed by atoms with Gasteiger partial charge in [-0.3, -0.25) is 9.59 Å². The van der Waals surface area contributed by atoms with Crippen LogP contribution in [-0.4, -0.2) is 35.0 Å². The van der Waals surface area contributed by atoms with Crippen molar-refractivity contribution in [2.24, 2.45) is 5.92 Å². The summed E-state index contributed by atoms with van der Waals surface area (Å²) in [5.41, 5.74) is 0. The zero-order chi connectivity index (χ0) is 11.7. The molecule has 88 valence electrons. The minimum atomic E-state index is -0.882. The largest absolute Gasteiger partial charge is 0.481 e. The van der Waals surface area contributed by atoms with Crippen LogP contribution in [0.25, 0.3) is 0 Å². The van der Waals surface area contributed by atoms with Crippen LogP contribution in [0.1, 0.15) is 26.7 Å². The molecule has 0 aromatic heterocycles. The number of hydrogen-bond donors (Lipinski definition) is 2. The maximum atomic E-state index is 11.1. The van der Waals surface area contributed by atoms with E-state index in [0.29, 0.717) is 12.5 Å². The SMILES string of the molecule is CC(C)CCCNC(=O)CSCC(=O)O. The summed E-state index contributed by atoms with van der Waals surface area (Å²) in [5, 5.41) is 11.1. The highest BCUT2D eigenvalue weighted by molar-refractivity contribution is 8.00. The van der Waals surface area contributed by atoms with E-state index in [-0.39, 0.29) is 17.4 Å². The first kappa shape index (κ1) is 14.3. The van der Waals surface area contributed by atoms with Crippen molar-refractivity contribution in [3.8, 4) is 0 Å². The van der Waals surface area contributed by atoms with Crippen LogP contribution in [0.5, 0.6) is 0 Å². The molecule has 0 atom stereocenters. The first-order valence-electron chi connectivity index (χ1n) is 5.08. The van der Waals surface area contributed by atoms with Crippen molar-refractivity contribution in [3.63, 3.8) is 0 Å². The topological polar surface area (TPSA) is 66.4 Å². The van der Waals surface area contributed by atoms with Gasteiger partial charge in [0, 0.05) is 6.54 Å². The third-order valence-electron chi connectivity index (χ3n) is 1.74. The van der Waals surface area contributed by atoms with Crippen molar-refractivity contribution in [2.75, 3.05) is 18.1 Å². The minimum Gasteiger partial charge on any atom is -0.481 e. The van der Waals surface area contributed by atoms with Crippen molar-refractivity contribution in [2.45, 2.75) is 26.7 Å². The zero-order valence-corrected chi connectivity index (χ0v) is 10.1. The Morgan fingerprint density at radius 1 is 1.33 bits per heavy atom. The number of hydrogen-bond acceptors (Lipinski definition) is 3. The molecule has 0 bridgehead atoms. The van der Waals surface area contributed by atoms with Gasteiger partial charge in [-0.25, -0.2) is 0 Å². The van der Waals surface area contributed by atoms with Crippen LogP contribution in [-0.2, 0) is 9.59 Å². The molecular weight excluding hydrogens is 214 g/mol. The molecule has 0 aliphatic heterocycles. The molecule has 0 aromatic carbocycles. The number of amides is 1. The molecule has 1 amide bonds. The van der Waals surface area contributed by atoms with Gasteiger partial charge in [-0.2, -0.15) is 0 Å². The fourth-order valence-electron chi connectivity index (χ4n) is 1.02. The van der Waals surface area contributed by atoms with Gasteiger partial charge >= 0.3 is 5.97 Å². The van der Waals surface area contributed by atoms with Crippen LogP contribution < -0.4 is 5.32 Å². The second-order valence-corrected chi connectivity index (χ2v) is 4.76. The summed E-state index contributed by atoms with van der Waals surface area (Å²) in [6, 6.07) is 0. The predicted octanol–water partition coefficient (Wildman–Crippen LogP) is 1.36. The highest BCUT2D eigenvalue weighted by Gasteiger charge is 2.03.